The Morgan fingerprint density at radius 1 is 1.15 bits per heavy atom. The molecule has 0 aliphatic heterocycles. The van der Waals surface area contributed by atoms with Crippen LogP contribution in [0.4, 0.5) is 0 Å². The number of ether oxygens (including phenoxy) is 1. The third-order valence-corrected chi connectivity index (χ3v) is 2.85. The van der Waals surface area contributed by atoms with Crippen LogP contribution >= 0.6 is 11.6 Å². The molecule has 0 bridgehead atoms. The number of carbonyl (C=O) groups excluding carboxylic acids is 2. The van der Waals surface area contributed by atoms with E-state index in [1.807, 2.05) is 0 Å². The zero-order valence-electron chi connectivity index (χ0n) is 10.8. The SMILES string of the molecule is CCOC(=O)c1cccc(C(=O)c2ccc(Cl)nc2)c1. The Morgan fingerprint density at radius 3 is 2.55 bits per heavy atom. The molecule has 4 nitrogen and oxygen atoms in total. The quantitative estimate of drug-likeness (QED) is 0.493. The molecule has 2 rings (SSSR count). The van der Waals surface area contributed by atoms with Crippen molar-refractivity contribution in [3.05, 3.63) is 64.4 Å². The number of halogens is 1. The molecule has 1 heterocycles. The largest absolute Gasteiger partial charge is 0.462 e. The number of carbonyl (C=O) groups is 2. The van der Waals surface area contributed by atoms with Crippen LogP contribution in [0.5, 0.6) is 0 Å². The number of rotatable bonds is 4. The number of hydrogen-bond acceptors (Lipinski definition) is 4. The van der Waals surface area contributed by atoms with Crippen LogP contribution in [0.15, 0.2) is 42.6 Å². The molecule has 0 atom stereocenters. The third kappa shape index (κ3) is 3.22. The van der Waals surface area contributed by atoms with Crippen LogP contribution < -0.4 is 0 Å². The van der Waals surface area contributed by atoms with Crippen molar-refractivity contribution < 1.29 is 14.3 Å². The van der Waals surface area contributed by atoms with Crippen molar-refractivity contribution >= 4 is 23.4 Å². The predicted octanol–water partition coefficient (Wildman–Crippen LogP) is 3.14. The minimum atomic E-state index is -0.448. The Morgan fingerprint density at radius 2 is 1.90 bits per heavy atom. The van der Waals surface area contributed by atoms with E-state index in [0.29, 0.717) is 21.8 Å². The van der Waals surface area contributed by atoms with Crippen molar-refractivity contribution in [1.82, 2.24) is 4.98 Å². The maximum Gasteiger partial charge on any atom is 0.338 e. The fraction of sp³-hybridized carbons (Fsp3) is 0.133. The minimum absolute atomic E-state index is 0.222. The van der Waals surface area contributed by atoms with Crippen LogP contribution in [-0.4, -0.2) is 23.3 Å². The van der Waals surface area contributed by atoms with Crippen LogP contribution in [0, 0.1) is 0 Å². The predicted molar refractivity (Wildman–Crippen MR) is 75.1 cm³/mol. The smallest absolute Gasteiger partial charge is 0.338 e. The van der Waals surface area contributed by atoms with E-state index in [2.05, 4.69) is 4.98 Å². The van der Waals surface area contributed by atoms with E-state index in [1.54, 1.807) is 37.3 Å². The first-order valence-corrected chi connectivity index (χ1v) is 6.43. The molecule has 0 spiro atoms. The van der Waals surface area contributed by atoms with Crippen molar-refractivity contribution in [2.75, 3.05) is 6.61 Å². The molecule has 2 aromatic rings. The number of aromatic nitrogens is 1. The highest BCUT2D eigenvalue weighted by atomic mass is 35.5. The van der Waals surface area contributed by atoms with E-state index in [0.717, 1.165) is 0 Å². The number of nitrogens with zero attached hydrogens (tertiary/aromatic N) is 1. The van der Waals surface area contributed by atoms with Gasteiger partial charge in [-0.1, -0.05) is 23.7 Å². The molecule has 0 fully saturated rings. The number of esters is 1. The average Bonchev–Trinajstić information content (AvgIpc) is 2.48. The second kappa shape index (κ2) is 6.30. The molecule has 0 saturated heterocycles. The van der Waals surface area contributed by atoms with Gasteiger partial charge in [-0.15, -0.1) is 0 Å². The van der Waals surface area contributed by atoms with E-state index < -0.39 is 5.97 Å². The molecule has 20 heavy (non-hydrogen) atoms. The van der Waals surface area contributed by atoms with E-state index in [1.165, 1.54) is 12.3 Å². The van der Waals surface area contributed by atoms with Gasteiger partial charge in [-0.3, -0.25) is 4.79 Å². The molecule has 1 aromatic heterocycles. The van der Waals surface area contributed by atoms with Gasteiger partial charge in [-0.05, 0) is 31.2 Å². The summed E-state index contributed by atoms with van der Waals surface area (Å²) >= 11 is 5.68. The summed E-state index contributed by atoms with van der Waals surface area (Å²) in [6.45, 7) is 2.02. The summed E-state index contributed by atoms with van der Waals surface area (Å²) in [6.07, 6.45) is 1.40. The summed E-state index contributed by atoms with van der Waals surface area (Å²) in [5.74, 6) is -0.670. The monoisotopic (exact) mass is 289 g/mol. The lowest BCUT2D eigenvalue weighted by Crippen LogP contribution is -2.07. The van der Waals surface area contributed by atoms with Gasteiger partial charge in [-0.2, -0.15) is 0 Å². The van der Waals surface area contributed by atoms with Crippen LogP contribution in [0.25, 0.3) is 0 Å². The highest BCUT2D eigenvalue weighted by molar-refractivity contribution is 6.29. The standard InChI is InChI=1S/C15H12ClNO3/c1-2-20-15(19)11-5-3-4-10(8-11)14(18)12-6-7-13(16)17-9-12/h3-9H,2H2,1H3. The summed E-state index contributed by atoms with van der Waals surface area (Å²) in [4.78, 5) is 27.8. The summed E-state index contributed by atoms with van der Waals surface area (Å²) in [5.41, 5.74) is 1.16. The first-order chi connectivity index (χ1) is 9.61. The van der Waals surface area contributed by atoms with Crippen molar-refractivity contribution in [1.29, 1.82) is 0 Å². The molecule has 0 saturated carbocycles. The second-order valence-corrected chi connectivity index (χ2v) is 4.39. The number of benzene rings is 1. The van der Waals surface area contributed by atoms with E-state index in [4.69, 9.17) is 16.3 Å². The second-order valence-electron chi connectivity index (χ2n) is 4.00. The molecular weight excluding hydrogens is 278 g/mol. The Labute approximate surface area is 121 Å². The van der Waals surface area contributed by atoms with Gasteiger partial charge in [0.05, 0.1) is 12.2 Å². The molecule has 102 valence electrons. The van der Waals surface area contributed by atoms with Gasteiger partial charge in [0.1, 0.15) is 5.15 Å². The first kappa shape index (κ1) is 14.2. The lowest BCUT2D eigenvalue weighted by atomic mass is 10.0. The topological polar surface area (TPSA) is 56.3 Å². The summed E-state index contributed by atoms with van der Waals surface area (Å²) in [6, 6.07) is 9.53. The molecule has 5 heteroatoms. The molecule has 0 aliphatic carbocycles. The van der Waals surface area contributed by atoms with Crippen LogP contribution in [0.3, 0.4) is 0 Å². The maximum atomic E-state index is 12.3. The Kier molecular flexibility index (Phi) is 4.48. The molecular formula is C15H12ClNO3. The van der Waals surface area contributed by atoms with Crippen LogP contribution in [0.1, 0.15) is 33.2 Å². The van der Waals surface area contributed by atoms with Gasteiger partial charge < -0.3 is 4.74 Å². The molecule has 0 amide bonds. The zero-order valence-corrected chi connectivity index (χ0v) is 11.6. The zero-order chi connectivity index (χ0) is 14.5. The fourth-order valence-corrected chi connectivity index (χ4v) is 1.79. The van der Waals surface area contributed by atoms with Gasteiger partial charge in [0.25, 0.3) is 0 Å². The van der Waals surface area contributed by atoms with Crippen molar-refractivity contribution in [2.24, 2.45) is 0 Å². The molecule has 0 aliphatic rings. The van der Waals surface area contributed by atoms with Crippen LogP contribution in [0.2, 0.25) is 5.15 Å². The van der Waals surface area contributed by atoms with Gasteiger partial charge in [0, 0.05) is 17.3 Å². The van der Waals surface area contributed by atoms with Crippen molar-refractivity contribution in [3.8, 4) is 0 Å². The van der Waals surface area contributed by atoms with Gasteiger partial charge >= 0.3 is 5.97 Å². The average molecular weight is 290 g/mol. The van der Waals surface area contributed by atoms with E-state index in [9.17, 15) is 9.59 Å². The number of ketones is 1. The van der Waals surface area contributed by atoms with Crippen molar-refractivity contribution in [2.45, 2.75) is 6.92 Å². The number of pyridine rings is 1. The Hall–Kier alpha value is -2.20. The minimum Gasteiger partial charge on any atom is -0.462 e. The summed E-state index contributed by atoms with van der Waals surface area (Å²) < 4.78 is 4.90. The number of hydrogen-bond donors (Lipinski definition) is 0. The summed E-state index contributed by atoms with van der Waals surface area (Å²) in [5, 5.41) is 0.321. The maximum absolute atomic E-state index is 12.3. The molecule has 0 N–H and O–H groups in total. The molecule has 1 aromatic carbocycles. The highest BCUT2D eigenvalue weighted by Gasteiger charge is 2.13. The summed E-state index contributed by atoms with van der Waals surface area (Å²) in [7, 11) is 0. The Bertz CT molecular complexity index is 638. The first-order valence-electron chi connectivity index (χ1n) is 6.05. The van der Waals surface area contributed by atoms with Crippen LogP contribution in [-0.2, 0) is 4.74 Å². The lowest BCUT2D eigenvalue weighted by molar-refractivity contribution is 0.0526. The van der Waals surface area contributed by atoms with Gasteiger partial charge in [0.15, 0.2) is 5.78 Å². The fourth-order valence-electron chi connectivity index (χ4n) is 1.68. The molecule has 0 radical (unpaired) electrons. The highest BCUT2D eigenvalue weighted by Crippen LogP contribution is 2.13. The third-order valence-electron chi connectivity index (χ3n) is 2.63. The van der Waals surface area contributed by atoms with E-state index in [-0.39, 0.29) is 12.4 Å². The normalized spacial score (nSPS) is 10.1. The Balaban J connectivity index is 2.28. The van der Waals surface area contributed by atoms with Gasteiger partial charge in [-0.25, -0.2) is 9.78 Å². The van der Waals surface area contributed by atoms with Crippen molar-refractivity contribution in [3.63, 3.8) is 0 Å². The molecule has 0 unspecified atom stereocenters. The lowest BCUT2D eigenvalue weighted by Gasteiger charge is -2.04. The van der Waals surface area contributed by atoms with Gasteiger partial charge in [0.2, 0.25) is 0 Å². The van der Waals surface area contributed by atoms with E-state index >= 15 is 0 Å².